The molecule has 0 bridgehead atoms. The molecule has 0 aliphatic rings. The molecule has 5 heteroatoms. The standard InChI is InChI=1S/C10H14N4S/c1-7-9(8(2)13(3)12-7)6-14-5-4-11-10(14)15/h4-5H,6H2,1-3H3,(H,11,15). The van der Waals surface area contributed by atoms with Crippen LogP contribution in [-0.2, 0) is 13.6 Å². The lowest BCUT2D eigenvalue weighted by Crippen LogP contribution is -2.01. The van der Waals surface area contributed by atoms with E-state index in [-0.39, 0.29) is 0 Å². The van der Waals surface area contributed by atoms with E-state index < -0.39 is 0 Å². The summed E-state index contributed by atoms with van der Waals surface area (Å²) in [7, 11) is 1.96. The van der Waals surface area contributed by atoms with E-state index in [4.69, 9.17) is 12.2 Å². The summed E-state index contributed by atoms with van der Waals surface area (Å²) in [4.78, 5) is 2.99. The number of nitrogens with one attached hydrogen (secondary N) is 1. The maximum absolute atomic E-state index is 5.16. The molecule has 80 valence electrons. The van der Waals surface area contributed by atoms with Crippen molar-refractivity contribution in [1.82, 2.24) is 19.3 Å². The van der Waals surface area contributed by atoms with Crippen LogP contribution in [0.4, 0.5) is 0 Å². The normalized spacial score (nSPS) is 10.9. The third-order valence-electron chi connectivity index (χ3n) is 2.71. The summed E-state index contributed by atoms with van der Waals surface area (Å²) in [5.41, 5.74) is 3.50. The number of aromatic amines is 1. The Labute approximate surface area is 93.6 Å². The summed E-state index contributed by atoms with van der Waals surface area (Å²) in [6.45, 7) is 4.89. The first-order valence-electron chi connectivity index (χ1n) is 4.82. The van der Waals surface area contributed by atoms with Crippen molar-refractivity contribution in [2.45, 2.75) is 20.4 Å². The van der Waals surface area contributed by atoms with Crippen LogP contribution in [0, 0.1) is 18.6 Å². The molecule has 2 rings (SSSR count). The smallest absolute Gasteiger partial charge is 0.177 e. The van der Waals surface area contributed by atoms with Gasteiger partial charge in [0, 0.05) is 30.7 Å². The molecular formula is C10H14N4S. The second-order valence-corrected chi connectivity index (χ2v) is 4.05. The molecule has 0 radical (unpaired) electrons. The van der Waals surface area contributed by atoms with E-state index in [0.29, 0.717) is 0 Å². The number of H-pyrrole nitrogens is 1. The zero-order chi connectivity index (χ0) is 11.0. The van der Waals surface area contributed by atoms with Crippen molar-refractivity contribution < 1.29 is 0 Å². The average Bonchev–Trinajstić information content (AvgIpc) is 2.67. The molecule has 0 spiro atoms. The monoisotopic (exact) mass is 222 g/mol. The lowest BCUT2D eigenvalue weighted by atomic mass is 10.2. The molecule has 2 aromatic heterocycles. The van der Waals surface area contributed by atoms with E-state index in [0.717, 1.165) is 17.0 Å². The quantitative estimate of drug-likeness (QED) is 0.789. The summed E-state index contributed by atoms with van der Waals surface area (Å²) >= 11 is 5.16. The van der Waals surface area contributed by atoms with Gasteiger partial charge in [-0.3, -0.25) is 4.68 Å². The maximum atomic E-state index is 5.16. The first-order chi connectivity index (χ1) is 7.09. The largest absolute Gasteiger partial charge is 0.337 e. The molecular weight excluding hydrogens is 208 g/mol. The van der Waals surface area contributed by atoms with Gasteiger partial charge in [0.1, 0.15) is 0 Å². The summed E-state index contributed by atoms with van der Waals surface area (Å²) in [5.74, 6) is 0. The van der Waals surface area contributed by atoms with Gasteiger partial charge in [-0.15, -0.1) is 0 Å². The third kappa shape index (κ3) is 1.74. The third-order valence-corrected chi connectivity index (χ3v) is 3.06. The first kappa shape index (κ1) is 10.2. The van der Waals surface area contributed by atoms with Gasteiger partial charge in [-0.05, 0) is 26.1 Å². The van der Waals surface area contributed by atoms with Crippen molar-refractivity contribution in [2.75, 3.05) is 0 Å². The fourth-order valence-electron chi connectivity index (χ4n) is 1.69. The Kier molecular flexibility index (Phi) is 2.48. The van der Waals surface area contributed by atoms with Gasteiger partial charge in [0.2, 0.25) is 0 Å². The lowest BCUT2D eigenvalue weighted by Gasteiger charge is -2.02. The second kappa shape index (κ2) is 3.66. The summed E-state index contributed by atoms with van der Waals surface area (Å²) in [6.07, 6.45) is 3.80. The zero-order valence-electron chi connectivity index (χ0n) is 9.11. The fourth-order valence-corrected chi connectivity index (χ4v) is 1.88. The van der Waals surface area contributed by atoms with E-state index >= 15 is 0 Å². The Morgan fingerprint density at radius 1 is 1.47 bits per heavy atom. The van der Waals surface area contributed by atoms with Crippen LogP contribution in [0.5, 0.6) is 0 Å². The SMILES string of the molecule is Cc1nn(C)c(C)c1Cn1cc[nH]c1=S. The van der Waals surface area contributed by atoms with Crippen LogP contribution in [0.3, 0.4) is 0 Å². The van der Waals surface area contributed by atoms with E-state index in [9.17, 15) is 0 Å². The maximum Gasteiger partial charge on any atom is 0.177 e. The van der Waals surface area contributed by atoms with Gasteiger partial charge in [-0.1, -0.05) is 0 Å². The molecule has 0 saturated carbocycles. The Morgan fingerprint density at radius 3 is 2.67 bits per heavy atom. The highest BCUT2D eigenvalue weighted by Gasteiger charge is 2.09. The molecule has 4 nitrogen and oxygen atoms in total. The predicted molar refractivity (Wildman–Crippen MR) is 61.4 cm³/mol. The molecule has 0 saturated heterocycles. The Hall–Kier alpha value is -1.36. The molecule has 0 aromatic carbocycles. The molecule has 0 fully saturated rings. The van der Waals surface area contributed by atoms with Crippen LogP contribution in [0.15, 0.2) is 12.4 Å². The number of aryl methyl sites for hydroxylation is 2. The molecule has 0 atom stereocenters. The highest BCUT2D eigenvalue weighted by Crippen LogP contribution is 2.13. The van der Waals surface area contributed by atoms with E-state index in [1.807, 2.05) is 35.6 Å². The number of imidazole rings is 1. The first-order valence-corrected chi connectivity index (χ1v) is 5.23. The molecule has 0 aliphatic carbocycles. The van der Waals surface area contributed by atoms with Crippen molar-refractivity contribution in [3.05, 3.63) is 34.1 Å². The van der Waals surface area contributed by atoms with Gasteiger partial charge in [-0.2, -0.15) is 5.10 Å². The van der Waals surface area contributed by atoms with Crippen LogP contribution in [0.1, 0.15) is 17.0 Å². The number of hydrogen-bond acceptors (Lipinski definition) is 2. The number of hydrogen-bond donors (Lipinski definition) is 1. The van der Waals surface area contributed by atoms with Crippen LogP contribution in [0.2, 0.25) is 0 Å². The molecule has 0 amide bonds. The topological polar surface area (TPSA) is 38.5 Å². The minimum atomic E-state index is 0.748. The van der Waals surface area contributed by atoms with Crippen LogP contribution in [-0.4, -0.2) is 19.3 Å². The molecule has 15 heavy (non-hydrogen) atoms. The van der Waals surface area contributed by atoms with Gasteiger partial charge in [0.15, 0.2) is 4.77 Å². The summed E-state index contributed by atoms with van der Waals surface area (Å²) < 4.78 is 4.66. The summed E-state index contributed by atoms with van der Waals surface area (Å²) in [6, 6.07) is 0. The molecule has 1 N–H and O–H groups in total. The Balaban J connectivity index is 2.40. The Morgan fingerprint density at radius 2 is 2.20 bits per heavy atom. The van der Waals surface area contributed by atoms with Crippen LogP contribution in [0.25, 0.3) is 0 Å². The van der Waals surface area contributed by atoms with Crippen molar-refractivity contribution >= 4 is 12.2 Å². The van der Waals surface area contributed by atoms with E-state index in [1.165, 1.54) is 11.3 Å². The minimum Gasteiger partial charge on any atom is -0.337 e. The van der Waals surface area contributed by atoms with Gasteiger partial charge >= 0.3 is 0 Å². The van der Waals surface area contributed by atoms with Gasteiger partial charge in [0.05, 0.1) is 12.2 Å². The second-order valence-electron chi connectivity index (χ2n) is 3.67. The van der Waals surface area contributed by atoms with Crippen molar-refractivity contribution in [2.24, 2.45) is 7.05 Å². The Bertz CT molecular complexity index is 532. The zero-order valence-corrected chi connectivity index (χ0v) is 9.93. The highest BCUT2D eigenvalue weighted by molar-refractivity contribution is 7.71. The van der Waals surface area contributed by atoms with Crippen LogP contribution >= 0.6 is 12.2 Å². The fraction of sp³-hybridized carbons (Fsp3) is 0.400. The van der Waals surface area contributed by atoms with E-state index in [2.05, 4.69) is 17.0 Å². The summed E-state index contributed by atoms with van der Waals surface area (Å²) in [5, 5.41) is 4.38. The number of rotatable bonds is 2. The molecule has 0 unspecified atom stereocenters. The van der Waals surface area contributed by atoms with E-state index in [1.54, 1.807) is 0 Å². The average molecular weight is 222 g/mol. The number of aromatic nitrogens is 4. The van der Waals surface area contributed by atoms with Gasteiger partial charge < -0.3 is 9.55 Å². The predicted octanol–water partition coefficient (Wildman–Crippen LogP) is 1.94. The highest BCUT2D eigenvalue weighted by atomic mass is 32.1. The molecule has 2 heterocycles. The van der Waals surface area contributed by atoms with Gasteiger partial charge in [0.25, 0.3) is 0 Å². The molecule has 2 aromatic rings. The lowest BCUT2D eigenvalue weighted by molar-refractivity contribution is 0.726. The number of nitrogens with zero attached hydrogens (tertiary/aromatic N) is 3. The minimum absolute atomic E-state index is 0.748. The molecule has 0 aliphatic heterocycles. The van der Waals surface area contributed by atoms with Crippen molar-refractivity contribution in [3.8, 4) is 0 Å². The van der Waals surface area contributed by atoms with Gasteiger partial charge in [-0.25, -0.2) is 0 Å². The van der Waals surface area contributed by atoms with Crippen LogP contribution < -0.4 is 0 Å². The van der Waals surface area contributed by atoms with Crippen molar-refractivity contribution in [3.63, 3.8) is 0 Å². The van der Waals surface area contributed by atoms with Crippen molar-refractivity contribution in [1.29, 1.82) is 0 Å².